The fourth-order valence-corrected chi connectivity index (χ4v) is 6.11. The molecule has 43 heavy (non-hydrogen) atoms. The Morgan fingerprint density at radius 2 is 1.58 bits per heavy atom. The molecule has 0 saturated carbocycles. The summed E-state index contributed by atoms with van der Waals surface area (Å²) in [6, 6.07) is 6.65. The number of methoxy groups -OCH3 is 1. The topological polar surface area (TPSA) is 38.8 Å². The van der Waals surface area contributed by atoms with Gasteiger partial charge in [0.2, 0.25) is 0 Å². The van der Waals surface area contributed by atoms with Crippen LogP contribution in [0.3, 0.4) is 0 Å². The van der Waals surface area contributed by atoms with Gasteiger partial charge in [0.25, 0.3) is 0 Å². The van der Waals surface area contributed by atoms with Crippen molar-refractivity contribution in [1.29, 1.82) is 0 Å². The van der Waals surface area contributed by atoms with Gasteiger partial charge in [-0.1, -0.05) is 46.8 Å². The zero-order valence-corrected chi connectivity index (χ0v) is 25.6. The molecule has 2 aromatic carbocycles. The lowest BCUT2D eigenvalue weighted by Gasteiger charge is -2.36. The maximum absolute atomic E-state index is 13.5. The van der Waals surface area contributed by atoms with E-state index in [1.165, 1.54) is 4.90 Å². The van der Waals surface area contributed by atoms with Crippen molar-refractivity contribution in [1.82, 2.24) is 4.90 Å². The monoisotopic (exact) mass is 611 g/mol. The van der Waals surface area contributed by atoms with Gasteiger partial charge in [0, 0.05) is 12.1 Å². The van der Waals surface area contributed by atoms with Crippen LogP contribution in [-0.2, 0) is 23.5 Å². The van der Waals surface area contributed by atoms with Crippen LogP contribution in [0.15, 0.2) is 42.0 Å². The number of alkyl halides is 6. The van der Waals surface area contributed by atoms with Crippen molar-refractivity contribution in [3.05, 3.63) is 69.8 Å². The Labute approximate surface area is 249 Å². The molecule has 4 nitrogen and oxygen atoms in total. The number of hydrogen-bond donors (Lipinski definition) is 0. The maximum atomic E-state index is 13.5. The second-order valence-corrected chi connectivity index (χ2v) is 13.7. The molecule has 1 saturated heterocycles. The molecular formula is C33H39F6NO3. The third kappa shape index (κ3) is 7.50. The second-order valence-electron chi connectivity index (χ2n) is 13.7. The summed E-state index contributed by atoms with van der Waals surface area (Å²) < 4.78 is 92.4. The maximum Gasteiger partial charge on any atom is 0.416 e. The summed E-state index contributed by atoms with van der Waals surface area (Å²) in [5.41, 5.74) is 0.797. The fraction of sp³-hybridized carbons (Fsp3) is 0.545. The van der Waals surface area contributed by atoms with Crippen LogP contribution in [0.4, 0.5) is 31.1 Å². The van der Waals surface area contributed by atoms with Crippen molar-refractivity contribution in [2.75, 3.05) is 13.7 Å². The van der Waals surface area contributed by atoms with E-state index >= 15 is 0 Å². The lowest BCUT2D eigenvalue weighted by atomic mass is 9.72. The number of ether oxygens (including phenoxy) is 2. The molecule has 10 heteroatoms. The first-order chi connectivity index (χ1) is 19.7. The van der Waals surface area contributed by atoms with Gasteiger partial charge in [-0.15, -0.1) is 0 Å². The van der Waals surface area contributed by atoms with Gasteiger partial charge in [-0.05, 0) is 90.0 Å². The molecule has 1 heterocycles. The Morgan fingerprint density at radius 3 is 2.12 bits per heavy atom. The van der Waals surface area contributed by atoms with E-state index in [4.69, 9.17) is 9.47 Å². The SMILES string of the molecule is COc1cc(CC(C)(C)C)ccc1C1=C(CN2C(=O)O[C@@H](c3cc(C(F)(F)F)cc(C(F)(F)F)c3)[C@@H]2C)CC(C)(C)CC1. The number of hydrogen-bond acceptors (Lipinski definition) is 3. The van der Waals surface area contributed by atoms with Crippen LogP contribution < -0.4 is 4.74 Å². The molecular weight excluding hydrogens is 572 g/mol. The molecule has 0 aromatic heterocycles. The van der Waals surface area contributed by atoms with E-state index in [1.54, 1.807) is 14.0 Å². The second kappa shape index (κ2) is 11.4. The van der Waals surface area contributed by atoms with Crippen LogP contribution in [0.2, 0.25) is 0 Å². The van der Waals surface area contributed by atoms with Gasteiger partial charge in [0.05, 0.1) is 24.3 Å². The van der Waals surface area contributed by atoms with E-state index in [-0.39, 0.29) is 29.0 Å². The molecule has 1 fully saturated rings. The molecule has 236 valence electrons. The summed E-state index contributed by atoms with van der Waals surface area (Å²) in [5.74, 6) is 0.715. The normalized spacial score (nSPS) is 21.3. The van der Waals surface area contributed by atoms with Crippen LogP contribution in [0.1, 0.15) is 94.7 Å². The third-order valence-corrected chi connectivity index (χ3v) is 8.19. The number of cyclic esters (lactones) is 1. The molecule has 4 rings (SSSR count). The average Bonchev–Trinajstić information content (AvgIpc) is 3.15. The minimum Gasteiger partial charge on any atom is -0.496 e. The highest BCUT2D eigenvalue weighted by Gasteiger charge is 2.44. The first-order valence-corrected chi connectivity index (χ1v) is 14.3. The van der Waals surface area contributed by atoms with Crippen LogP contribution in [-0.4, -0.2) is 30.7 Å². The van der Waals surface area contributed by atoms with Crippen LogP contribution in [0.25, 0.3) is 5.57 Å². The molecule has 0 bridgehead atoms. The van der Waals surface area contributed by atoms with Crippen molar-refractivity contribution in [2.24, 2.45) is 10.8 Å². The van der Waals surface area contributed by atoms with Gasteiger partial charge in [-0.25, -0.2) is 4.79 Å². The smallest absolute Gasteiger partial charge is 0.416 e. The molecule has 1 aliphatic carbocycles. The van der Waals surface area contributed by atoms with Gasteiger partial charge in [0.15, 0.2) is 0 Å². The van der Waals surface area contributed by atoms with E-state index in [2.05, 4.69) is 40.7 Å². The van der Waals surface area contributed by atoms with Crippen molar-refractivity contribution in [3.63, 3.8) is 0 Å². The summed E-state index contributed by atoms with van der Waals surface area (Å²) in [6.07, 6.45) is -8.97. The molecule has 2 aliphatic rings. The molecule has 1 amide bonds. The quantitative estimate of drug-likeness (QED) is 0.305. The van der Waals surface area contributed by atoms with E-state index in [9.17, 15) is 31.1 Å². The highest BCUT2D eigenvalue weighted by molar-refractivity contribution is 5.77. The summed E-state index contributed by atoms with van der Waals surface area (Å²) in [7, 11) is 1.61. The highest BCUT2D eigenvalue weighted by atomic mass is 19.4. The number of benzene rings is 2. The van der Waals surface area contributed by atoms with Gasteiger partial charge >= 0.3 is 18.4 Å². The molecule has 0 unspecified atom stereocenters. The van der Waals surface area contributed by atoms with Crippen molar-refractivity contribution in [3.8, 4) is 5.75 Å². The Hall–Kier alpha value is -3.17. The summed E-state index contributed by atoms with van der Waals surface area (Å²) >= 11 is 0. The molecule has 2 atom stereocenters. The predicted octanol–water partition coefficient (Wildman–Crippen LogP) is 9.87. The number of rotatable bonds is 6. The minimum atomic E-state index is -5.00. The summed E-state index contributed by atoms with van der Waals surface area (Å²) in [5, 5.41) is 0. The first kappa shape index (κ1) is 32.7. The zero-order valence-electron chi connectivity index (χ0n) is 25.6. The van der Waals surface area contributed by atoms with Gasteiger partial charge in [-0.2, -0.15) is 26.3 Å². The standard InChI is InChI=1S/C33H39F6NO3/c1-19-28(21-13-23(32(34,35)36)15-24(14-21)33(37,38)39)43-29(41)40(19)18-22-17-31(5,6)11-10-25(22)26-9-8-20(12-27(26)42-7)16-30(2,3)4/h8-9,12-15,19,28H,10-11,16-18H2,1-7H3/t19-,28+/m0/s1. The van der Waals surface area contributed by atoms with E-state index in [1.807, 2.05) is 12.1 Å². The third-order valence-electron chi connectivity index (χ3n) is 8.19. The number of amides is 1. The Morgan fingerprint density at radius 1 is 0.977 bits per heavy atom. The highest BCUT2D eigenvalue weighted by Crippen LogP contribution is 2.47. The summed E-state index contributed by atoms with van der Waals surface area (Å²) in [4.78, 5) is 14.5. The number of halogens is 6. The minimum absolute atomic E-state index is 0.0735. The van der Waals surface area contributed by atoms with Crippen molar-refractivity contribution in [2.45, 2.75) is 91.7 Å². The average molecular weight is 612 g/mol. The Kier molecular flexibility index (Phi) is 8.68. The number of carbonyl (C=O) groups excluding carboxylic acids is 1. The van der Waals surface area contributed by atoms with Gasteiger partial charge in [0.1, 0.15) is 11.9 Å². The number of carbonyl (C=O) groups is 1. The first-order valence-electron chi connectivity index (χ1n) is 14.3. The van der Waals surface area contributed by atoms with Crippen LogP contribution in [0.5, 0.6) is 5.75 Å². The Balaban J connectivity index is 1.71. The number of nitrogens with zero attached hydrogens (tertiary/aromatic N) is 1. The zero-order chi connectivity index (χ0) is 32.1. The molecule has 1 aliphatic heterocycles. The molecule has 0 N–H and O–H groups in total. The van der Waals surface area contributed by atoms with Crippen LogP contribution >= 0.6 is 0 Å². The largest absolute Gasteiger partial charge is 0.496 e. The summed E-state index contributed by atoms with van der Waals surface area (Å²) in [6.45, 7) is 12.4. The predicted molar refractivity (Wildman–Crippen MR) is 153 cm³/mol. The van der Waals surface area contributed by atoms with E-state index < -0.39 is 41.7 Å². The lowest BCUT2D eigenvalue weighted by molar-refractivity contribution is -0.143. The van der Waals surface area contributed by atoms with E-state index in [0.29, 0.717) is 24.3 Å². The Bertz CT molecular complexity index is 1370. The van der Waals surface area contributed by atoms with Gasteiger partial charge < -0.3 is 9.47 Å². The fourth-order valence-electron chi connectivity index (χ4n) is 6.11. The van der Waals surface area contributed by atoms with E-state index in [0.717, 1.165) is 41.5 Å². The van der Waals surface area contributed by atoms with Crippen molar-refractivity contribution >= 4 is 11.7 Å². The van der Waals surface area contributed by atoms with Crippen molar-refractivity contribution < 1.29 is 40.6 Å². The molecule has 0 radical (unpaired) electrons. The molecule has 2 aromatic rings. The molecule has 0 spiro atoms. The lowest BCUT2D eigenvalue weighted by Crippen LogP contribution is -2.35. The van der Waals surface area contributed by atoms with Gasteiger partial charge in [-0.3, -0.25) is 4.90 Å². The number of allylic oxidation sites excluding steroid dienone is 1. The van der Waals surface area contributed by atoms with Crippen LogP contribution in [0, 0.1) is 10.8 Å².